The van der Waals surface area contributed by atoms with Crippen LogP contribution in [-0.4, -0.2) is 17.0 Å². The number of carboxylic acids is 1. The molecule has 21 heavy (non-hydrogen) atoms. The lowest BCUT2D eigenvalue weighted by Gasteiger charge is -2.15. The molecule has 0 spiro atoms. The first kappa shape index (κ1) is 13.8. The van der Waals surface area contributed by atoms with Crippen molar-refractivity contribution in [1.29, 1.82) is 0 Å². The minimum atomic E-state index is -1.01. The lowest BCUT2D eigenvalue weighted by Crippen LogP contribution is -2.28. The summed E-state index contributed by atoms with van der Waals surface area (Å²) in [4.78, 5) is 24.7. The molecule has 0 unspecified atom stereocenters. The number of hydrogen-bond donors (Lipinski definition) is 2. The van der Waals surface area contributed by atoms with E-state index in [-0.39, 0.29) is 11.5 Å². The molecule has 1 aliphatic carbocycles. The molecular formula is C16H15NO3S. The smallest absolute Gasteiger partial charge is 0.338 e. The van der Waals surface area contributed by atoms with Gasteiger partial charge in [0.25, 0.3) is 0 Å². The number of aromatic carboxylic acids is 1. The Morgan fingerprint density at radius 1 is 1.24 bits per heavy atom. The molecule has 5 heteroatoms. The van der Waals surface area contributed by atoms with Gasteiger partial charge in [-0.3, -0.25) is 4.79 Å². The van der Waals surface area contributed by atoms with E-state index < -0.39 is 11.4 Å². The van der Waals surface area contributed by atoms with E-state index in [0.29, 0.717) is 5.00 Å². The second-order valence-corrected chi connectivity index (χ2v) is 6.56. The second-order valence-electron chi connectivity index (χ2n) is 5.31. The minimum Gasteiger partial charge on any atom is -0.478 e. The van der Waals surface area contributed by atoms with E-state index in [1.165, 1.54) is 11.3 Å². The number of benzene rings is 1. The lowest BCUT2D eigenvalue weighted by molar-refractivity contribution is -0.118. The van der Waals surface area contributed by atoms with E-state index in [1.807, 2.05) is 37.3 Å². The van der Waals surface area contributed by atoms with Gasteiger partial charge in [-0.25, -0.2) is 4.79 Å². The zero-order chi connectivity index (χ0) is 15.0. The molecule has 1 heterocycles. The number of carbonyl (C=O) groups excluding carboxylic acids is 1. The van der Waals surface area contributed by atoms with Gasteiger partial charge in [-0.15, -0.1) is 11.3 Å². The monoisotopic (exact) mass is 301 g/mol. The SMILES string of the molecule is Cc1cc(C(=O)O)c(NC(=O)C2(c3ccccc3)CC2)s1. The van der Waals surface area contributed by atoms with Crippen LogP contribution in [0.25, 0.3) is 0 Å². The molecule has 1 aromatic heterocycles. The summed E-state index contributed by atoms with van der Waals surface area (Å²) >= 11 is 1.30. The van der Waals surface area contributed by atoms with Gasteiger partial charge in [-0.05, 0) is 31.4 Å². The van der Waals surface area contributed by atoms with Gasteiger partial charge in [0.15, 0.2) is 0 Å². The van der Waals surface area contributed by atoms with Gasteiger partial charge in [-0.1, -0.05) is 30.3 Å². The van der Waals surface area contributed by atoms with E-state index in [4.69, 9.17) is 0 Å². The Morgan fingerprint density at radius 3 is 2.48 bits per heavy atom. The maximum Gasteiger partial charge on any atom is 0.338 e. The molecule has 1 fully saturated rings. The predicted molar refractivity (Wildman–Crippen MR) is 82.0 cm³/mol. The molecule has 0 aliphatic heterocycles. The third-order valence-corrected chi connectivity index (χ3v) is 4.79. The van der Waals surface area contributed by atoms with Crippen molar-refractivity contribution in [2.75, 3.05) is 5.32 Å². The molecule has 0 radical (unpaired) electrons. The summed E-state index contributed by atoms with van der Waals surface area (Å²) in [7, 11) is 0. The zero-order valence-electron chi connectivity index (χ0n) is 11.6. The summed E-state index contributed by atoms with van der Waals surface area (Å²) in [6.07, 6.45) is 1.60. The van der Waals surface area contributed by atoms with Crippen LogP contribution < -0.4 is 5.32 Å². The molecule has 1 amide bonds. The maximum absolute atomic E-state index is 12.6. The van der Waals surface area contributed by atoms with Crippen molar-refractivity contribution in [3.8, 4) is 0 Å². The van der Waals surface area contributed by atoms with Crippen LogP contribution in [0.15, 0.2) is 36.4 Å². The van der Waals surface area contributed by atoms with Crippen LogP contribution in [-0.2, 0) is 10.2 Å². The normalized spacial score (nSPS) is 15.5. The fraction of sp³-hybridized carbons (Fsp3) is 0.250. The maximum atomic E-state index is 12.6. The predicted octanol–water partition coefficient (Wildman–Crippen LogP) is 3.43. The van der Waals surface area contributed by atoms with Crippen molar-refractivity contribution in [2.24, 2.45) is 0 Å². The second kappa shape index (κ2) is 5.00. The fourth-order valence-corrected chi connectivity index (χ4v) is 3.42. The molecule has 0 bridgehead atoms. The van der Waals surface area contributed by atoms with Gasteiger partial charge in [0.1, 0.15) is 5.00 Å². The number of rotatable bonds is 4. The molecule has 3 rings (SSSR count). The largest absolute Gasteiger partial charge is 0.478 e. The molecule has 4 nitrogen and oxygen atoms in total. The summed E-state index contributed by atoms with van der Waals surface area (Å²) in [5.74, 6) is -1.13. The van der Waals surface area contributed by atoms with Crippen molar-refractivity contribution >= 4 is 28.2 Å². The summed E-state index contributed by atoms with van der Waals surface area (Å²) in [5.41, 5.74) is 0.664. The molecular weight excluding hydrogens is 286 g/mol. The van der Waals surface area contributed by atoms with Crippen LogP contribution in [0.3, 0.4) is 0 Å². The highest BCUT2D eigenvalue weighted by atomic mass is 32.1. The molecule has 1 aromatic carbocycles. The molecule has 1 saturated carbocycles. The lowest BCUT2D eigenvalue weighted by atomic mass is 9.95. The summed E-state index contributed by atoms with van der Waals surface area (Å²) in [6.45, 7) is 1.83. The van der Waals surface area contributed by atoms with Gasteiger partial charge in [0.05, 0.1) is 11.0 Å². The molecule has 0 saturated heterocycles. The van der Waals surface area contributed by atoms with Crippen LogP contribution in [0, 0.1) is 6.92 Å². The van der Waals surface area contributed by atoms with Gasteiger partial charge >= 0.3 is 5.97 Å². The van der Waals surface area contributed by atoms with Crippen LogP contribution in [0.5, 0.6) is 0 Å². The third kappa shape index (κ3) is 2.45. The molecule has 1 aliphatic rings. The number of aryl methyl sites for hydroxylation is 1. The number of carbonyl (C=O) groups is 2. The Bertz CT molecular complexity index is 702. The zero-order valence-corrected chi connectivity index (χ0v) is 12.4. The summed E-state index contributed by atoms with van der Waals surface area (Å²) in [6, 6.07) is 11.2. The van der Waals surface area contributed by atoms with E-state index in [9.17, 15) is 14.7 Å². The van der Waals surface area contributed by atoms with E-state index in [2.05, 4.69) is 5.32 Å². The Morgan fingerprint density at radius 2 is 1.90 bits per heavy atom. The van der Waals surface area contributed by atoms with Crippen LogP contribution in [0.4, 0.5) is 5.00 Å². The van der Waals surface area contributed by atoms with Gasteiger partial charge in [0, 0.05) is 4.88 Å². The van der Waals surface area contributed by atoms with Gasteiger partial charge < -0.3 is 10.4 Å². The molecule has 108 valence electrons. The fourth-order valence-electron chi connectivity index (χ4n) is 2.52. The standard InChI is InChI=1S/C16H15NO3S/c1-10-9-12(14(18)19)13(21-10)17-15(20)16(7-8-16)11-5-3-2-4-6-11/h2-6,9H,7-8H2,1H3,(H,17,20)(H,18,19). The highest BCUT2D eigenvalue weighted by molar-refractivity contribution is 7.16. The minimum absolute atomic E-state index is 0.113. The molecule has 2 N–H and O–H groups in total. The van der Waals surface area contributed by atoms with Crippen molar-refractivity contribution in [3.63, 3.8) is 0 Å². The first-order chi connectivity index (χ1) is 10.0. The third-order valence-electron chi connectivity index (χ3n) is 3.82. The van der Waals surface area contributed by atoms with Crippen LogP contribution in [0.1, 0.15) is 33.6 Å². The Labute approximate surface area is 126 Å². The van der Waals surface area contributed by atoms with E-state index in [1.54, 1.807) is 6.07 Å². The van der Waals surface area contributed by atoms with Gasteiger partial charge in [0.2, 0.25) is 5.91 Å². The van der Waals surface area contributed by atoms with Crippen LogP contribution in [0.2, 0.25) is 0 Å². The molecule has 2 aromatic rings. The quantitative estimate of drug-likeness (QED) is 0.909. The number of amides is 1. The highest BCUT2D eigenvalue weighted by Crippen LogP contribution is 2.49. The first-order valence-corrected chi connectivity index (χ1v) is 7.55. The van der Waals surface area contributed by atoms with Crippen molar-refractivity contribution in [2.45, 2.75) is 25.2 Å². The summed E-state index contributed by atoms with van der Waals surface area (Å²) < 4.78 is 0. The van der Waals surface area contributed by atoms with Crippen LogP contribution >= 0.6 is 11.3 Å². The Balaban J connectivity index is 1.86. The number of anilines is 1. The topological polar surface area (TPSA) is 66.4 Å². The average molecular weight is 301 g/mol. The summed E-state index contributed by atoms with van der Waals surface area (Å²) in [5, 5.41) is 12.4. The number of carboxylic acid groups (broad SMARTS) is 1. The Hall–Kier alpha value is -2.14. The van der Waals surface area contributed by atoms with E-state index >= 15 is 0 Å². The van der Waals surface area contributed by atoms with Gasteiger partial charge in [-0.2, -0.15) is 0 Å². The van der Waals surface area contributed by atoms with E-state index in [0.717, 1.165) is 23.3 Å². The number of nitrogens with one attached hydrogen (secondary N) is 1. The van der Waals surface area contributed by atoms with Crippen molar-refractivity contribution in [1.82, 2.24) is 0 Å². The highest BCUT2D eigenvalue weighted by Gasteiger charge is 2.51. The number of hydrogen-bond acceptors (Lipinski definition) is 3. The molecule has 0 atom stereocenters. The van der Waals surface area contributed by atoms with Crippen molar-refractivity contribution in [3.05, 3.63) is 52.4 Å². The Kier molecular flexibility index (Phi) is 3.29. The first-order valence-electron chi connectivity index (χ1n) is 6.74. The number of thiophene rings is 1. The van der Waals surface area contributed by atoms with Crippen molar-refractivity contribution < 1.29 is 14.7 Å². The average Bonchev–Trinajstić information content (AvgIpc) is 3.19.